The Morgan fingerprint density at radius 3 is 2.79 bits per heavy atom. The number of cyclic esters (lactones) is 1. The van der Waals surface area contributed by atoms with Crippen molar-refractivity contribution in [1.82, 2.24) is 0 Å². The van der Waals surface area contributed by atoms with E-state index >= 15 is 0 Å². The molecule has 0 amide bonds. The zero-order chi connectivity index (χ0) is 16.9. The quantitative estimate of drug-likeness (QED) is 0.625. The van der Waals surface area contributed by atoms with Gasteiger partial charge in [0.05, 0.1) is 13.7 Å². The molecule has 0 atom stereocenters. The number of benzene rings is 2. The van der Waals surface area contributed by atoms with Crippen LogP contribution in [0.4, 0.5) is 0 Å². The van der Waals surface area contributed by atoms with Crippen LogP contribution in [0.25, 0.3) is 6.08 Å². The van der Waals surface area contributed by atoms with Gasteiger partial charge in [0.1, 0.15) is 11.5 Å². The summed E-state index contributed by atoms with van der Waals surface area (Å²) in [5.41, 5.74) is 1.70. The summed E-state index contributed by atoms with van der Waals surface area (Å²) in [6, 6.07) is 14.7. The van der Waals surface area contributed by atoms with Gasteiger partial charge in [0.2, 0.25) is 5.90 Å². The van der Waals surface area contributed by atoms with Gasteiger partial charge in [-0.05, 0) is 37.3 Å². The van der Waals surface area contributed by atoms with E-state index in [0.29, 0.717) is 23.7 Å². The SMILES string of the molecule is CCOc1ccccc1/C=C1/N=C(c2cccc(OC)c2)OC1=O. The van der Waals surface area contributed by atoms with Crippen molar-refractivity contribution >= 4 is 17.9 Å². The summed E-state index contributed by atoms with van der Waals surface area (Å²) in [6.07, 6.45) is 1.67. The monoisotopic (exact) mass is 323 g/mol. The van der Waals surface area contributed by atoms with Gasteiger partial charge in [0, 0.05) is 11.1 Å². The van der Waals surface area contributed by atoms with Crippen molar-refractivity contribution in [3.05, 3.63) is 65.4 Å². The van der Waals surface area contributed by atoms with Crippen LogP contribution >= 0.6 is 0 Å². The van der Waals surface area contributed by atoms with Crippen LogP contribution in [0, 0.1) is 0 Å². The van der Waals surface area contributed by atoms with Crippen molar-refractivity contribution < 1.29 is 19.0 Å². The molecular formula is C19H17NO4. The lowest BCUT2D eigenvalue weighted by molar-refractivity contribution is -0.129. The smallest absolute Gasteiger partial charge is 0.363 e. The third kappa shape index (κ3) is 3.30. The lowest BCUT2D eigenvalue weighted by Gasteiger charge is -2.06. The van der Waals surface area contributed by atoms with Crippen LogP contribution in [0.5, 0.6) is 11.5 Å². The Morgan fingerprint density at radius 2 is 2.00 bits per heavy atom. The molecule has 0 N–H and O–H groups in total. The van der Waals surface area contributed by atoms with Crippen LogP contribution in [0.2, 0.25) is 0 Å². The van der Waals surface area contributed by atoms with Crippen molar-refractivity contribution in [2.45, 2.75) is 6.92 Å². The first kappa shape index (κ1) is 15.8. The molecule has 5 nitrogen and oxygen atoms in total. The van der Waals surface area contributed by atoms with Crippen molar-refractivity contribution in [3.63, 3.8) is 0 Å². The molecule has 0 fully saturated rings. The average molecular weight is 323 g/mol. The van der Waals surface area contributed by atoms with Gasteiger partial charge in [0.15, 0.2) is 5.70 Å². The molecule has 1 heterocycles. The van der Waals surface area contributed by atoms with Crippen LogP contribution in [0.15, 0.2) is 59.2 Å². The van der Waals surface area contributed by atoms with Gasteiger partial charge in [-0.3, -0.25) is 0 Å². The van der Waals surface area contributed by atoms with Crippen LogP contribution in [-0.4, -0.2) is 25.6 Å². The highest BCUT2D eigenvalue weighted by Crippen LogP contribution is 2.25. The fourth-order valence-electron chi connectivity index (χ4n) is 2.32. The Balaban J connectivity index is 1.94. The Morgan fingerprint density at radius 1 is 1.17 bits per heavy atom. The molecule has 0 saturated carbocycles. The summed E-state index contributed by atoms with van der Waals surface area (Å²) >= 11 is 0. The zero-order valence-electron chi connectivity index (χ0n) is 13.5. The second-order valence-electron chi connectivity index (χ2n) is 5.04. The number of nitrogens with zero attached hydrogens (tertiary/aromatic N) is 1. The molecule has 0 saturated heterocycles. The molecule has 2 aromatic carbocycles. The summed E-state index contributed by atoms with van der Waals surface area (Å²) in [4.78, 5) is 16.4. The Labute approximate surface area is 140 Å². The minimum Gasteiger partial charge on any atom is -0.497 e. The third-order valence-corrected chi connectivity index (χ3v) is 3.45. The molecule has 0 radical (unpaired) electrons. The number of hydrogen-bond donors (Lipinski definition) is 0. The highest BCUT2D eigenvalue weighted by Gasteiger charge is 2.24. The number of rotatable bonds is 5. The fraction of sp³-hybridized carbons (Fsp3) is 0.158. The predicted molar refractivity (Wildman–Crippen MR) is 91.2 cm³/mol. The molecule has 122 valence electrons. The van der Waals surface area contributed by atoms with Crippen molar-refractivity contribution in [2.24, 2.45) is 4.99 Å². The molecule has 0 spiro atoms. The topological polar surface area (TPSA) is 57.1 Å². The lowest BCUT2D eigenvalue weighted by Crippen LogP contribution is -2.05. The summed E-state index contributed by atoms with van der Waals surface area (Å²) in [6.45, 7) is 2.45. The molecule has 0 bridgehead atoms. The molecule has 0 aromatic heterocycles. The second kappa shape index (κ2) is 7.00. The van der Waals surface area contributed by atoms with E-state index in [2.05, 4.69) is 4.99 Å². The number of hydrogen-bond acceptors (Lipinski definition) is 5. The molecule has 2 aromatic rings. The molecular weight excluding hydrogens is 306 g/mol. The molecule has 1 aliphatic heterocycles. The van der Waals surface area contributed by atoms with Crippen molar-refractivity contribution in [2.75, 3.05) is 13.7 Å². The Hall–Kier alpha value is -3.08. The van der Waals surface area contributed by atoms with Crippen molar-refractivity contribution in [3.8, 4) is 11.5 Å². The highest BCUT2D eigenvalue weighted by molar-refractivity contribution is 6.13. The minimum atomic E-state index is -0.487. The number of carbonyl (C=O) groups excluding carboxylic acids is 1. The number of carbonyl (C=O) groups is 1. The molecule has 1 aliphatic rings. The van der Waals surface area contributed by atoms with Gasteiger partial charge in [-0.1, -0.05) is 24.3 Å². The van der Waals surface area contributed by atoms with Gasteiger partial charge < -0.3 is 14.2 Å². The number of ether oxygens (including phenoxy) is 3. The fourth-order valence-corrected chi connectivity index (χ4v) is 2.32. The summed E-state index contributed by atoms with van der Waals surface area (Å²) in [5.74, 6) is 1.15. The van der Waals surface area contributed by atoms with E-state index in [0.717, 1.165) is 5.56 Å². The van der Waals surface area contributed by atoms with Gasteiger partial charge >= 0.3 is 5.97 Å². The maximum absolute atomic E-state index is 12.1. The first-order valence-corrected chi connectivity index (χ1v) is 7.60. The lowest BCUT2D eigenvalue weighted by atomic mass is 10.1. The van der Waals surface area contributed by atoms with Gasteiger partial charge in [0.25, 0.3) is 0 Å². The summed E-state index contributed by atoms with van der Waals surface area (Å²) < 4.78 is 16.0. The van der Waals surface area contributed by atoms with Crippen LogP contribution < -0.4 is 9.47 Å². The maximum Gasteiger partial charge on any atom is 0.363 e. The largest absolute Gasteiger partial charge is 0.497 e. The third-order valence-electron chi connectivity index (χ3n) is 3.45. The average Bonchev–Trinajstić information content (AvgIpc) is 2.98. The highest BCUT2D eigenvalue weighted by atomic mass is 16.6. The second-order valence-corrected chi connectivity index (χ2v) is 5.04. The number of para-hydroxylation sites is 1. The molecule has 0 aliphatic carbocycles. The van der Waals surface area contributed by atoms with Gasteiger partial charge in [-0.2, -0.15) is 0 Å². The van der Waals surface area contributed by atoms with E-state index in [1.54, 1.807) is 19.3 Å². The van der Waals surface area contributed by atoms with E-state index in [9.17, 15) is 4.79 Å². The summed E-state index contributed by atoms with van der Waals surface area (Å²) in [5, 5.41) is 0. The standard InChI is InChI=1S/C19H17NO4/c1-3-23-17-10-5-4-7-13(17)12-16-19(21)24-18(20-16)14-8-6-9-15(11-14)22-2/h4-12H,3H2,1-2H3/b16-12+. The number of methoxy groups -OCH3 is 1. The summed E-state index contributed by atoms with van der Waals surface area (Å²) in [7, 11) is 1.58. The predicted octanol–water partition coefficient (Wildman–Crippen LogP) is 3.44. The molecule has 0 unspecified atom stereocenters. The van der Waals surface area contributed by atoms with Crippen LogP contribution in [0.3, 0.4) is 0 Å². The Bertz CT molecular complexity index is 824. The molecule has 5 heteroatoms. The van der Waals surface area contributed by atoms with Crippen LogP contribution in [0.1, 0.15) is 18.1 Å². The molecule has 3 rings (SSSR count). The van der Waals surface area contributed by atoms with E-state index in [4.69, 9.17) is 14.2 Å². The van der Waals surface area contributed by atoms with E-state index in [-0.39, 0.29) is 11.6 Å². The van der Waals surface area contributed by atoms with E-state index in [1.165, 1.54) is 0 Å². The normalized spacial score (nSPS) is 15.2. The van der Waals surface area contributed by atoms with Gasteiger partial charge in [-0.15, -0.1) is 0 Å². The van der Waals surface area contributed by atoms with Crippen molar-refractivity contribution in [1.29, 1.82) is 0 Å². The first-order valence-electron chi connectivity index (χ1n) is 7.60. The zero-order valence-corrected chi connectivity index (χ0v) is 13.5. The Kier molecular flexibility index (Phi) is 4.61. The van der Waals surface area contributed by atoms with Gasteiger partial charge in [-0.25, -0.2) is 9.79 Å². The maximum atomic E-state index is 12.1. The van der Waals surface area contributed by atoms with E-state index in [1.807, 2.05) is 49.4 Å². The number of aliphatic imine (C=N–C) groups is 1. The first-order chi connectivity index (χ1) is 11.7. The van der Waals surface area contributed by atoms with Crippen LogP contribution in [-0.2, 0) is 9.53 Å². The van der Waals surface area contributed by atoms with E-state index < -0.39 is 5.97 Å². The number of esters is 1. The molecule has 24 heavy (non-hydrogen) atoms. The minimum absolute atomic E-state index is 0.236.